The first-order valence-electron chi connectivity index (χ1n) is 10.1. The van der Waals surface area contributed by atoms with Crippen LogP contribution in [0.25, 0.3) is 11.1 Å². The van der Waals surface area contributed by atoms with Crippen LogP contribution in [-0.4, -0.2) is 30.5 Å². The number of benzene rings is 2. The molecule has 0 aliphatic rings. The van der Waals surface area contributed by atoms with E-state index in [1.165, 1.54) is 12.1 Å². The predicted molar refractivity (Wildman–Crippen MR) is 117 cm³/mol. The number of nitrogens with zero attached hydrogens (tertiary/aromatic N) is 1. The minimum absolute atomic E-state index is 0.0509. The number of hydrogen-bond acceptors (Lipinski definition) is 5. The molecule has 0 spiro atoms. The van der Waals surface area contributed by atoms with Crippen LogP contribution in [0, 0.1) is 0 Å². The molecule has 11 heteroatoms. The smallest absolute Gasteiger partial charge is 0.417 e. The lowest BCUT2D eigenvalue weighted by molar-refractivity contribution is -0.139. The molecule has 3 rings (SSSR count). The number of ether oxygens (including phenoxy) is 1. The largest absolute Gasteiger partial charge is 0.480 e. The summed E-state index contributed by atoms with van der Waals surface area (Å²) in [5.74, 6) is -1.18. The summed E-state index contributed by atoms with van der Waals surface area (Å²) in [4.78, 5) is 14.7. The Bertz CT molecular complexity index is 1230. The molecule has 1 aromatic heterocycles. The maximum Gasteiger partial charge on any atom is 0.417 e. The van der Waals surface area contributed by atoms with Gasteiger partial charge < -0.3 is 9.84 Å². The first kappa shape index (κ1) is 25.2. The van der Waals surface area contributed by atoms with E-state index in [4.69, 9.17) is 9.84 Å². The standard InChI is InChI=1S/C23H21F3N2O5S/c1-2-20(22(29)30)28-34(31,32)19-10-7-17(8-11-19)16-5-3-15(4-6-16)14-33-21-12-9-18(13-27-21)23(24,25)26/h3-13,20,28H,2,14H2,1H3,(H,29,30). The second kappa shape index (κ2) is 10.2. The number of rotatable bonds is 9. The summed E-state index contributed by atoms with van der Waals surface area (Å²) in [6, 6.07) is 13.9. The highest BCUT2D eigenvalue weighted by molar-refractivity contribution is 7.89. The molecule has 2 aromatic carbocycles. The fourth-order valence-corrected chi connectivity index (χ4v) is 4.25. The van der Waals surface area contributed by atoms with Crippen LogP contribution < -0.4 is 9.46 Å². The number of carboxylic acids is 1. The zero-order chi connectivity index (χ0) is 24.9. The first-order chi connectivity index (χ1) is 16.0. The van der Waals surface area contributed by atoms with E-state index in [0.29, 0.717) is 6.20 Å². The van der Waals surface area contributed by atoms with Crippen LogP contribution in [0.3, 0.4) is 0 Å². The lowest BCUT2D eigenvalue weighted by Crippen LogP contribution is -2.40. The molecule has 1 atom stereocenters. The number of carboxylic acid groups (broad SMARTS) is 1. The number of carbonyl (C=O) groups is 1. The maximum absolute atomic E-state index is 12.6. The van der Waals surface area contributed by atoms with Crippen LogP contribution in [0.1, 0.15) is 24.5 Å². The minimum Gasteiger partial charge on any atom is -0.480 e. The van der Waals surface area contributed by atoms with Gasteiger partial charge in [-0.05, 0) is 41.3 Å². The van der Waals surface area contributed by atoms with Crippen LogP contribution in [0.2, 0.25) is 0 Å². The van der Waals surface area contributed by atoms with Gasteiger partial charge in [0.25, 0.3) is 0 Å². The third-order valence-electron chi connectivity index (χ3n) is 4.91. The van der Waals surface area contributed by atoms with Crippen molar-refractivity contribution >= 4 is 16.0 Å². The van der Waals surface area contributed by atoms with Crippen molar-refractivity contribution in [3.05, 3.63) is 78.0 Å². The van der Waals surface area contributed by atoms with Crippen LogP contribution in [0.5, 0.6) is 5.88 Å². The molecule has 0 amide bonds. The van der Waals surface area contributed by atoms with Crippen LogP contribution in [0.15, 0.2) is 71.8 Å². The molecular weight excluding hydrogens is 473 g/mol. The van der Waals surface area contributed by atoms with Gasteiger partial charge in [-0.1, -0.05) is 43.3 Å². The molecule has 0 fully saturated rings. The van der Waals surface area contributed by atoms with E-state index >= 15 is 0 Å². The first-order valence-corrected chi connectivity index (χ1v) is 11.6. The maximum atomic E-state index is 12.6. The van der Waals surface area contributed by atoms with Crippen molar-refractivity contribution in [3.63, 3.8) is 0 Å². The Balaban J connectivity index is 1.64. The highest BCUT2D eigenvalue weighted by atomic mass is 32.2. The summed E-state index contributed by atoms with van der Waals surface area (Å²) in [7, 11) is -3.98. The highest BCUT2D eigenvalue weighted by Gasteiger charge is 2.30. The third kappa shape index (κ3) is 6.33. The van der Waals surface area contributed by atoms with Crippen molar-refractivity contribution in [1.29, 1.82) is 0 Å². The summed E-state index contributed by atoms with van der Waals surface area (Å²) < 4.78 is 70.2. The third-order valence-corrected chi connectivity index (χ3v) is 6.39. The molecule has 2 N–H and O–H groups in total. The Kier molecular flexibility index (Phi) is 7.57. The molecule has 0 aliphatic heterocycles. The van der Waals surface area contributed by atoms with E-state index in [1.807, 2.05) is 0 Å². The second-order valence-corrected chi connectivity index (χ2v) is 9.03. The number of aliphatic carboxylic acids is 1. The van der Waals surface area contributed by atoms with Gasteiger partial charge in [0, 0.05) is 12.3 Å². The minimum atomic E-state index is -4.46. The van der Waals surface area contributed by atoms with E-state index in [9.17, 15) is 26.4 Å². The molecule has 1 unspecified atom stereocenters. The van der Waals surface area contributed by atoms with E-state index < -0.39 is 33.8 Å². The second-order valence-electron chi connectivity index (χ2n) is 7.31. The Morgan fingerprint density at radius 2 is 1.62 bits per heavy atom. The van der Waals surface area contributed by atoms with E-state index in [2.05, 4.69) is 9.71 Å². The number of halogens is 3. The average molecular weight is 494 g/mol. The SMILES string of the molecule is CCC(NS(=O)(=O)c1ccc(-c2ccc(COc3ccc(C(F)(F)F)cn3)cc2)cc1)C(=O)O. The summed E-state index contributed by atoms with van der Waals surface area (Å²) in [5.41, 5.74) is 1.44. The lowest BCUT2D eigenvalue weighted by Gasteiger charge is -2.13. The Hall–Kier alpha value is -3.44. The topological polar surface area (TPSA) is 106 Å². The summed E-state index contributed by atoms with van der Waals surface area (Å²) >= 11 is 0. The van der Waals surface area contributed by atoms with E-state index in [-0.39, 0.29) is 23.8 Å². The quantitative estimate of drug-likeness (QED) is 0.454. The Morgan fingerprint density at radius 3 is 2.09 bits per heavy atom. The zero-order valence-electron chi connectivity index (χ0n) is 17.9. The summed E-state index contributed by atoms with van der Waals surface area (Å²) in [6.45, 7) is 1.67. The number of nitrogens with one attached hydrogen (secondary N) is 1. The molecule has 3 aromatic rings. The van der Waals surface area contributed by atoms with Gasteiger partial charge in [0.1, 0.15) is 12.6 Å². The number of hydrogen-bond donors (Lipinski definition) is 2. The van der Waals surface area contributed by atoms with Crippen molar-refractivity contribution in [1.82, 2.24) is 9.71 Å². The summed E-state index contributed by atoms with van der Waals surface area (Å²) in [5, 5.41) is 9.06. The zero-order valence-corrected chi connectivity index (χ0v) is 18.7. The van der Waals surface area contributed by atoms with Crippen LogP contribution in [0.4, 0.5) is 13.2 Å². The average Bonchev–Trinajstić information content (AvgIpc) is 2.81. The molecule has 0 saturated heterocycles. The van der Waals surface area contributed by atoms with Gasteiger partial charge in [0.05, 0.1) is 10.5 Å². The Labute approximate surface area is 194 Å². The van der Waals surface area contributed by atoms with Gasteiger partial charge >= 0.3 is 12.1 Å². The monoisotopic (exact) mass is 494 g/mol. The number of pyridine rings is 1. The molecule has 7 nitrogen and oxygen atoms in total. The number of alkyl halides is 3. The van der Waals surface area contributed by atoms with Gasteiger partial charge in [-0.15, -0.1) is 0 Å². The molecule has 0 aliphatic carbocycles. The summed E-state index contributed by atoms with van der Waals surface area (Å²) in [6.07, 6.45) is -3.64. The van der Waals surface area contributed by atoms with Crippen LogP contribution >= 0.6 is 0 Å². The van der Waals surface area contributed by atoms with Gasteiger partial charge in [0.2, 0.25) is 15.9 Å². The van der Waals surface area contributed by atoms with Gasteiger partial charge in [-0.3, -0.25) is 4.79 Å². The molecule has 0 radical (unpaired) electrons. The lowest BCUT2D eigenvalue weighted by atomic mass is 10.0. The van der Waals surface area contributed by atoms with E-state index in [1.54, 1.807) is 43.3 Å². The fourth-order valence-electron chi connectivity index (χ4n) is 2.97. The van der Waals surface area contributed by atoms with Crippen molar-refractivity contribution in [3.8, 4) is 17.0 Å². The van der Waals surface area contributed by atoms with Crippen molar-refractivity contribution in [2.45, 2.75) is 37.1 Å². The van der Waals surface area contributed by atoms with Crippen LogP contribution in [-0.2, 0) is 27.6 Å². The van der Waals surface area contributed by atoms with Crippen molar-refractivity contribution in [2.24, 2.45) is 0 Å². The number of aromatic nitrogens is 1. The van der Waals surface area contributed by atoms with Crippen molar-refractivity contribution < 1.29 is 36.2 Å². The predicted octanol–water partition coefficient (Wildman–Crippen LogP) is 4.49. The molecule has 180 valence electrons. The van der Waals surface area contributed by atoms with Gasteiger partial charge in [0.15, 0.2) is 0 Å². The Morgan fingerprint density at radius 1 is 1.03 bits per heavy atom. The number of sulfonamides is 1. The normalized spacial score (nSPS) is 12.8. The van der Waals surface area contributed by atoms with E-state index in [0.717, 1.165) is 28.8 Å². The van der Waals surface area contributed by atoms with Crippen molar-refractivity contribution in [2.75, 3.05) is 0 Å². The van der Waals surface area contributed by atoms with Gasteiger partial charge in [-0.25, -0.2) is 13.4 Å². The molecule has 34 heavy (non-hydrogen) atoms. The fraction of sp³-hybridized carbons (Fsp3) is 0.217. The highest BCUT2D eigenvalue weighted by Crippen LogP contribution is 2.29. The molecule has 0 saturated carbocycles. The molecule has 0 bridgehead atoms. The molecular formula is C23H21F3N2O5S. The molecule has 1 heterocycles. The van der Waals surface area contributed by atoms with Gasteiger partial charge in [-0.2, -0.15) is 17.9 Å².